The maximum atomic E-state index is 10.7. The zero-order valence-corrected chi connectivity index (χ0v) is 53.3. The first-order valence-electron chi connectivity index (χ1n) is 27.3. The van der Waals surface area contributed by atoms with Gasteiger partial charge < -0.3 is 49.5 Å². The summed E-state index contributed by atoms with van der Waals surface area (Å²) in [5, 5.41) is 53.5. The fraction of sp³-hybridized carbons (Fsp3) is 0.909. The molecule has 0 fully saturated rings. The largest absolute Gasteiger partial charge is 5.00 e. The molecule has 0 saturated heterocycles. The van der Waals surface area contributed by atoms with Crippen LogP contribution in [0.5, 0.6) is 0 Å². The molecule has 10 nitrogen and oxygen atoms in total. The zero-order chi connectivity index (χ0) is 54.9. The molecule has 0 aliphatic rings. The van der Waals surface area contributed by atoms with Gasteiger partial charge in [-0.3, -0.25) is 0 Å². The fourth-order valence-corrected chi connectivity index (χ4v) is 9.64. The van der Waals surface area contributed by atoms with Crippen molar-refractivity contribution in [2.45, 2.75) is 230 Å². The van der Waals surface area contributed by atoms with Crippen LogP contribution in [-0.2, 0) is 24.0 Å². The molecule has 0 aromatic carbocycles. The Morgan fingerprint density at radius 2 is 0.423 bits per heavy atom. The van der Waals surface area contributed by atoms with Crippen molar-refractivity contribution in [2.75, 3.05) is 28.8 Å². The van der Waals surface area contributed by atoms with E-state index in [1.807, 2.05) is 0 Å². The molecule has 0 rings (SSSR count). The van der Waals surface area contributed by atoms with Gasteiger partial charge in [-0.1, -0.05) is 198 Å². The van der Waals surface area contributed by atoms with Gasteiger partial charge in [0.1, 0.15) is 0 Å². The van der Waals surface area contributed by atoms with Crippen LogP contribution in [-0.4, -0.2) is 83.0 Å². The number of unbranched alkanes of at least 4 members (excludes halogenated alkanes) is 5. The number of carbonyl (C=O) groups is 5. The van der Waals surface area contributed by atoms with Gasteiger partial charge in [-0.15, -0.1) is 0 Å². The summed E-state index contributed by atoms with van der Waals surface area (Å²) in [5.74, 6) is -2.06. The molecule has 16 heteroatoms. The van der Waals surface area contributed by atoms with Crippen LogP contribution in [0.25, 0.3) is 0 Å². The Kier molecular flexibility index (Phi) is 68.6. The van der Waals surface area contributed by atoms with E-state index in [0.29, 0.717) is 58.4 Å². The molecule has 0 N–H and O–H groups in total. The van der Waals surface area contributed by atoms with E-state index >= 15 is 0 Å². The van der Waals surface area contributed by atoms with Crippen molar-refractivity contribution in [1.29, 1.82) is 0 Å². The van der Waals surface area contributed by atoms with Gasteiger partial charge in [-0.05, 0) is 90.5 Å². The van der Waals surface area contributed by atoms with Crippen molar-refractivity contribution in [3.8, 4) is 0 Å². The first kappa shape index (κ1) is 82.3. The first-order chi connectivity index (χ1) is 33.3. The topological polar surface area (TPSA) is 201 Å². The molecular formula is C55H105O10S5Sb. The minimum Gasteiger partial charge on any atom is -0.550 e. The Morgan fingerprint density at radius 1 is 0.296 bits per heavy atom. The van der Waals surface area contributed by atoms with E-state index in [9.17, 15) is 49.5 Å². The molecule has 10 unspecified atom stereocenters. The Morgan fingerprint density at radius 3 is 0.493 bits per heavy atom. The molecule has 0 radical (unpaired) electrons. The van der Waals surface area contributed by atoms with Crippen molar-refractivity contribution in [3.63, 3.8) is 0 Å². The average Bonchev–Trinajstić information content (AvgIpc) is 3.34. The predicted octanol–water partition coefficient (Wildman–Crippen LogP) is 9.06. The van der Waals surface area contributed by atoms with E-state index in [4.69, 9.17) is 0 Å². The number of rotatable bonds is 40. The third-order valence-corrected chi connectivity index (χ3v) is 15.8. The summed E-state index contributed by atoms with van der Waals surface area (Å²) in [6, 6.07) is 0. The zero-order valence-electron chi connectivity index (χ0n) is 46.3. The minimum absolute atomic E-state index is 0. The standard InChI is InChI=1S/5C11H22O2S.Sb/c5*1-3-5-6-9(4-2)7-10(8-14)11(12)13;/h5*9-10,14H,3-8H2,1-2H3,(H,12,13);/q;;;;;+5/p-5. The third kappa shape index (κ3) is 50.5. The van der Waals surface area contributed by atoms with E-state index in [-0.39, 0.29) is 54.0 Å². The van der Waals surface area contributed by atoms with Crippen LogP contribution >= 0.6 is 63.1 Å². The van der Waals surface area contributed by atoms with Crippen LogP contribution in [0.4, 0.5) is 0 Å². The number of carboxylic acid groups (broad SMARTS) is 5. The monoisotopic (exact) mass is 1210 g/mol. The normalized spacial score (nSPS) is 14.9. The summed E-state index contributed by atoms with van der Waals surface area (Å²) in [6.45, 7) is 21.4. The minimum atomic E-state index is -0.949. The summed E-state index contributed by atoms with van der Waals surface area (Å²) in [4.78, 5) is 53.5. The van der Waals surface area contributed by atoms with E-state index in [0.717, 1.165) is 96.3 Å². The molecule has 0 saturated carbocycles. The Balaban J connectivity index is -0.000000185. The Hall–Kier alpha value is -0.0818. The van der Waals surface area contributed by atoms with Crippen LogP contribution in [0.2, 0.25) is 0 Å². The van der Waals surface area contributed by atoms with Gasteiger partial charge in [-0.25, -0.2) is 0 Å². The number of aliphatic carboxylic acids is 5. The van der Waals surface area contributed by atoms with E-state index < -0.39 is 29.8 Å². The van der Waals surface area contributed by atoms with Crippen molar-refractivity contribution in [2.24, 2.45) is 59.2 Å². The second kappa shape index (κ2) is 59.2. The van der Waals surface area contributed by atoms with Gasteiger partial charge in [0.25, 0.3) is 0 Å². The summed E-state index contributed by atoms with van der Waals surface area (Å²) in [7, 11) is 0. The second-order valence-corrected chi connectivity index (χ2v) is 21.1. The quantitative estimate of drug-likeness (QED) is 0.0291. The molecule has 0 aliphatic carbocycles. The van der Waals surface area contributed by atoms with Crippen molar-refractivity contribution in [3.05, 3.63) is 0 Å². The molecule has 0 amide bonds. The van der Waals surface area contributed by atoms with E-state index in [1.54, 1.807) is 0 Å². The number of carbonyl (C=O) groups excluding carboxylic acids is 5. The summed E-state index contributed by atoms with van der Waals surface area (Å²) in [5.41, 5.74) is 0. The second-order valence-electron chi connectivity index (χ2n) is 19.3. The fourth-order valence-electron chi connectivity index (χ4n) is 8.15. The molecular weight excluding hydrogens is 1100 g/mol. The van der Waals surface area contributed by atoms with Crippen molar-refractivity contribution in [1.82, 2.24) is 0 Å². The molecule has 0 aromatic rings. The maximum absolute atomic E-state index is 10.7. The number of hydrogen-bond acceptors (Lipinski definition) is 15. The van der Waals surface area contributed by atoms with Crippen LogP contribution in [0.3, 0.4) is 0 Å². The van der Waals surface area contributed by atoms with Crippen LogP contribution in [0.15, 0.2) is 0 Å². The van der Waals surface area contributed by atoms with Gasteiger partial charge in [-0.2, -0.15) is 63.1 Å². The molecule has 0 aromatic heterocycles. The average molecular weight is 1210 g/mol. The smallest absolute Gasteiger partial charge is 0.550 e. The van der Waals surface area contributed by atoms with Gasteiger partial charge in [0.2, 0.25) is 0 Å². The number of hydrogen-bond donors (Lipinski definition) is 5. The molecule has 10 atom stereocenters. The molecule has 0 bridgehead atoms. The van der Waals surface area contributed by atoms with Crippen molar-refractivity contribution >= 4 is 117 Å². The predicted molar refractivity (Wildman–Crippen MR) is 307 cm³/mol. The first-order valence-corrected chi connectivity index (χ1v) is 30.5. The maximum Gasteiger partial charge on any atom is 5.00 e. The molecule has 71 heavy (non-hydrogen) atoms. The van der Waals surface area contributed by atoms with Crippen molar-refractivity contribution < 1.29 is 49.5 Å². The third-order valence-electron chi connectivity index (χ3n) is 13.6. The summed E-state index contributed by atoms with van der Waals surface area (Å²) < 4.78 is 0. The Bertz CT molecular complexity index is 1010. The summed E-state index contributed by atoms with van der Waals surface area (Å²) >= 11 is 20.2. The summed E-state index contributed by atoms with van der Waals surface area (Å²) in [6.07, 6.45) is 26.3. The van der Waals surface area contributed by atoms with E-state index in [2.05, 4.69) is 132 Å². The number of carboxylic acids is 5. The number of thiol groups is 5. The molecule has 0 aliphatic heterocycles. The van der Waals surface area contributed by atoms with Crippen LogP contribution < -0.4 is 25.5 Å². The molecule has 0 spiro atoms. The van der Waals surface area contributed by atoms with Gasteiger partial charge >= 0.3 is 24.4 Å². The van der Waals surface area contributed by atoms with Gasteiger partial charge in [0, 0.05) is 59.4 Å². The molecule has 0 heterocycles. The van der Waals surface area contributed by atoms with Gasteiger partial charge in [0.15, 0.2) is 0 Å². The van der Waals surface area contributed by atoms with Crippen LogP contribution in [0.1, 0.15) is 230 Å². The Labute approximate surface area is 481 Å². The van der Waals surface area contributed by atoms with Gasteiger partial charge in [0.05, 0.1) is 0 Å². The van der Waals surface area contributed by atoms with Crippen LogP contribution in [0, 0.1) is 59.2 Å². The van der Waals surface area contributed by atoms with E-state index in [1.165, 1.54) is 64.2 Å². The SMILES string of the molecule is CCCCC(CC)CC(CS)C(=O)[O-].CCCCC(CC)CC(CS)C(=O)[O-].CCCCC(CC)CC(CS)C(=O)[O-].CCCCC(CC)CC(CS)C(=O)[O-].CCCCC(CC)CC(CS)C(=O)[O-].[Sb+5]. The molecule has 420 valence electrons.